The van der Waals surface area contributed by atoms with Crippen molar-refractivity contribution in [2.24, 2.45) is 5.73 Å². The molecule has 0 unspecified atom stereocenters. The van der Waals surface area contributed by atoms with Crippen molar-refractivity contribution >= 4 is 21.6 Å². The number of nitrogens with zero attached hydrogens (tertiary/aromatic N) is 1. The van der Waals surface area contributed by atoms with Gasteiger partial charge >= 0.3 is 5.69 Å². The van der Waals surface area contributed by atoms with Gasteiger partial charge in [-0.3, -0.25) is 10.1 Å². The van der Waals surface area contributed by atoms with Crippen molar-refractivity contribution < 1.29 is 9.66 Å². The number of nitro benzene ring substituents is 1. The molecule has 1 aromatic carbocycles. The summed E-state index contributed by atoms with van der Waals surface area (Å²) in [5.41, 5.74) is 5.82. The van der Waals surface area contributed by atoms with E-state index < -0.39 is 4.92 Å². The normalized spacial score (nSPS) is 23.7. The highest BCUT2D eigenvalue weighted by Crippen LogP contribution is 2.32. The van der Waals surface area contributed by atoms with Gasteiger partial charge in [0.25, 0.3) is 0 Å². The summed E-state index contributed by atoms with van der Waals surface area (Å²) in [6.07, 6.45) is 3.57. The molecule has 1 fully saturated rings. The van der Waals surface area contributed by atoms with Crippen molar-refractivity contribution in [2.45, 2.75) is 37.8 Å². The largest absolute Gasteiger partial charge is 0.484 e. The van der Waals surface area contributed by atoms with E-state index >= 15 is 0 Å². The number of ether oxygens (including phenoxy) is 1. The molecule has 6 heteroatoms. The number of benzene rings is 1. The lowest BCUT2D eigenvalue weighted by Crippen LogP contribution is -2.31. The van der Waals surface area contributed by atoms with Crippen molar-refractivity contribution in [2.75, 3.05) is 0 Å². The molecule has 0 heterocycles. The van der Waals surface area contributed by atoms with Crippen molar-refractivity contribution in [3.05, 3.63) is 32.8 Å². The highest BCUT2D eigenvalue weighted by Gasteiger charge is 2.23. The van der Waals surface area contributed by atoms with Crippen LogP contribution in [-0.4, -0.2) is 17.1 Å². The van der Waals surface area contributed by atoms with Crippen molar-refractivity contribution in [3.8, 4) is 5.75 Å². The van der Waals surface area contributed by atoms with Crippen LogP contribution in [0.5, 0.6) is 5.75 Å². The first kappa shape index (κ1) is 13.3. The summed E-state index contributed by atoms with van der Waals surface area (Å²) in [4.78, 5) is 10.5. The van der Waals surface area contributed by atoms with Crippen LogP contribution < -0.4 is 10.5 Å². The van der Waals surface area contributed by atoms with Crippen LogP contribution in [-0.2, 0) is 0 Å². The van der Waals surface area contributed by atoms with Crippen LogP contribution in [0.15, 0.2) is 22.7 Å². The molecular weight excluding hydrogens is 300 g/mol. The smallest absolute Gasteiger partial charge is 0.312 e. The Kier molecular flexibility index (Phi) is 4.19. The third-order valence-electron chi connectivity index (χ3n) is 3.13. The summed E-state index contributed by atoms with van der Waals surface area (Å²) < 4.78 is 6.41. The molecule has 0 amide bonds. The Bertz CT molecular complexity index is 445. The van der Waals surface area contributed by atoms with Crippen LogP contribution in [0.1, 0.15) is 25.7 Å². The van der Waals surface area contributed by atoms with Crippen molar-refractivity contribution in [1.29, 1.82) is 0 Å². The van der Waals surface area contributed by atoms with Crippen LogP contribution in [0.25, 0.3) is 0 Å². The Morgan fingerprint density at radius 2 is 2.00 bits per heavy atom. The minimum atomic E-state index is -0.422. The van der Waals surface area contributed by atoms with Gasteiger partial charge in [-0.1, -0.05) is 15.9 Å². The van der Waals surface area contributed by atoms with Gasteiger partial charge in [-0.2, -0.15) is 0 Å². The summed E-state index contributed by atoms with van der Waals surface area (Å²) in [5.74, 6) is 0.337. The van der Waals surface area contributed by atoms with E-state index in [1.807, 2.05) is 0 Å². The van der Waals surface area contributed by atoms with E-state index in [0.717, 1.165) is 25.7 Å². The average Bonchev–Trinajstić information content (AvgIpc) is 2.34. The molecule has 1 aliphatic carbocycles. The van der Waals surface area contributed by atoms with E-state index in [0.29, 0.717) is 10.2 Å². The predicted octanol–water partition coefficient (Wildman–Crippen LogP) is 3.01. The minimum absolute atomic E-state index is 0.000697. The molecule has 98 valence electrons. The third-order valence-corrected chi connectivity index (χ3v) is 3.62. The van der Waals surface area contributed by atoms with E-state index in [-0.39, 0.29) is 17.8 Å². The Morgan fingerprint density at radius 3 is 2.61 bits per heavy atom. The predicted molar refractivity (Wildman–Crippen MR) is 71.7 cm³/mol. The second-order valence-corrected chi connectivity index (χ2v) is 5.44. The van der Waals surface area contributed by atoms with E-state index in [1.165, 1.54) is 6.07 Å². The molecule has 0 bridgehead atoms. The molecule has 0 radical (unpaired) electrons. The van der Waals surface area contributed by atoms with Gasteiger partial charge in [-0.25, -0.2) is 0 Å². The number of rotatable bonds is 3. The topological polar surface area (TPSA) is 78.4 Å². The molecule has 0 aliphatic heterocycles. The zero-order valence-electron chi connectivity index (χ0n) is 9.84. The maximum atomic E-state index is 11.0. The van der Waals surface area contributed by atoms with E-state index in [2.05, 4.69) is 15.9 Å². The Labute approximate surface area is 114 Å². The lowest BCUT2D eigenvalue weighted by atomic mass is 9.94. The number of hydrogen-bond donors (Lipinski definition) is 1. The zero-order valence-corrected chi connectivity index (χ0v) is 11.4. The van der Waals surface area contributed by atoms with Gasteiger partial charge in [0, 0.05) is 16.6 Å². The summed E-state index contributed by atoms with van der Waals surface area (Å²) in [6, 6.07) is 5.09. The second-order valence-electron chi connectivity index (χ2n) is 4.52. The van der Waals surface area contributed by atoms with Gasteiger partial charge in [0.05, 0.1) is 11.0 Å². The Hall–Kier alpha value is -1.14. The SMILES string of the molecule is NC1CCC(Oc2ccc(Br)cc2[N+](=O)[O-])CC1. The third kappa shape index (κ3) is 3.20. The summed E-state index contributed by atoms with van der Waals surface area (Å²) in [6.45, 7) is 0. The van der Waals surface area contributed by atoms with Gasteiger partial charge < -0.3 is 10.5 Å². The maximum Gasteiger partial charge on any atom is 0.312 e. The molecule has 1 saturated carbocycles. The first-order valence-electron chi connectivity index (χ1n) is 5.92. The molecule has 1 aliphatic rings. The fourth-order valence-corrected chi connectivity index (χ4v) is 2.47. The van der Waals surface area contributed by atoms with Crippen molar-refractivity contribution in [3.63, 3.8) is 0 Å². The first-order valence-corrected chi connectivity index (χ1v) is 6.71. The minimum Gasteiger partial charge on any atom is -0.484 e. The molecule has 0 saturated heterocycles. The van der Waals surface area contributed by atoms with Gasteiger partial charge in [-0.15, -0.1) is 0 Å². The number of hydrogen-bond acceptors (Lipinski definition) is 4. The lowest BCUT2D eigenvalue weighted by molar-refractivity contribution is -0.386. The highest BCUT2D eigenvalue weighted by molar-refractivity contribution is 9.10. The summed E-state index contributed by atoms with van der Waals surface area (Å²) in [5, 5.41) is 11.0. The molecule has 0 atom stereocenters. The first-order chi connectivity index (χ1) is 8.56. The van der Waals surface area contributed by atoms with Gasteiger partial charge in [-0.05, 0) is 37.8 Å². The van der Waals surface area contributed by atoms with Crippen LogP contribution in [0.2, 0.25) is 0 Å². The van der Waals surface area contributed by atoms with E-state index in [4.69, 9.17) is 10.5 Å². The summed E-state index contributed by atoms with van der Waals surface area (Å²) in [7, 11) is 0. The molecule has 5 nitrogen and oxygen atoms in total. The van der Waals surface area contributed by atoms with Crippen molar-refractivity contribution in [1.82, 2.24) is 0 Å². The summed E-state index contributed by atoms with van der Waals surface area (Å²) >= 11 is 3.22. The lowest BCUT2D eigenvalue weighted by Gasteiger charge is -2.26. The molecule has 0 spiro atoms. The zero-order chi connectivity index (χ0) is 13.1. The standard InChI is InChI=1S/C12H15BrN2O3/c13-8-1-6-12(11(7-8)15(16)17)18-10-4-2-9(14)3-5-10/h1,6-7,9-10H,2-5,14H2. The monoisotopic (exact) mass is 314 g/mol. The molecule has 2 N–H and O–H groups in total. The van der Waals surface area contributed by atoms with Crippen LogP contribution in [0.3, 0.4) is 0 Å². The molecule has 18 heavy (non-hydrogen) atoms. The number of halogens is 1. The second kappa shape index (κ2) is 5.67. The molecule has 0 aromatic heterocycles. The van der Waals surface area contributed by atoms with Crippen LogP contribution in [0.4, 0.5) is 5.69 Å². The van der Waals surface area contributed by atoms with Crippen LogP contribution in [0, 0.1) is 10.1 Å². The molecule has 2 rings (SSSR count). The fourth-order valence-electron chi connectivity index (χ4n) is 2.12. The van der Waals surface area contributed by atoms with Gasteiger partial charge in [0.2, 0.25) is 0 Å². The molecule has 1 aromatic rings. The van der Waals surface area contributed by atoms with E-state index in [1.54, 1.807) is 12.1 Å². The average molecular weight is 315 g/mol. The number of nitrogens with two attached hydrogens (primary N) is 1. The number of nitro groups is 1. The highest BCUT2D eigenvalue weighted by atomic mass is 79.9. The van der Waals surface area contributed by atoms with Gasteiger partial charge in [0.1, 0.15) is 0 Å². The quantitative estimate of drug-likeness (QED) is 0.687. The Balaban J connectivity index is 2.11. The fraction of sp³-hybridized carbons (Fsp3) is 0.500. The maximum absolute atomic E-state index is 11.0. The van der Waals surface area contributed by atoms with Gasteiger partial charge in [0.15, 0.2) is 5.75 Å². The molecular formula is C12H15BrN2O3. The van der Waals surface area contributed by atoms with Crippen LogP contribution >= 0.6 is 15.9 Å². The van der Waals surface area contributed by atoms with E-state index in [9.17, 15) is 10.1 Å². The Morgan fingerprint density at radius 1 is 1.33 bits per heavy atom.